The number of aliphatic hydroxyl groups is 2. The number of hydrogen-bond donors (Lipinski definition) is 2. The van der Waals surface area contributed by atoms with Crippen molar-refractivity contribution in [3.63, 3.8) is 0 Å². The first kappa shape index (κ1) is 12.9. The van der Waals surface area contributed by atoms with Crippen LogP contribution >= 0.6 is 0 Å². The molecular weight excluding hydrogens is 192 g/mol. The van der Waals surface area contributed by atoms with E-state index in [0.29, 0.717) is 12.5 Å². The highest BCUT2D eigenvalue weighted by Gasteiger charge is 2.19. The van der Waals surface area contributed by atoms with Crippen LogP contribution < -0.4 is 0 Å². The van der Waals surface area contributed by atoms with Crippen LogP contribution in [0.25, 0.3) is 0 Å². The third-order valence-corrected chi connectivity index (χ3v) is 3.03. The van der Waals surface area contributed by atoms with Gasteiger partial charge in [0.1, 0.15) is 0 Å². The van der Waals surface area contributed by atoms with Crippen molar-refractivity contribution in [2.45, 2.75) is 18.9 Å². The minimum absolute atomic E-state index is 0.144. The Kier molecular flexibility index (Phi) is 5.53. The second-order valence-electron chi connectivity index (χ2n) is 4.83. The van der Waals surface area contributed by atoms with Gasteiger partial charge in [-0.25, -0.2) is 0 Å². The van der Waals surface area contributed by atoms with Gasteiger partial charge in [0, 0.05) is 19.6 Å². The highest BCUT2D eigenvalue weighted by Crippen LogP contribution is 2.15. The molecule has 0 amide bonds. The number of hydrogen-bond acceptors (Lipinski definition) is 4. The maximum absolute atomic E-state index is 9.31. The summed E-state index contributed by atoms with van der Waals surface area (Å²) in [7, 11) is 4.17. The molecule has 0 bridgehead atoms. The molecule has 1 aliphatic heterocycles. The van der Waals surface area contributed by atoms with Crippen LogP contribution in [0.2, 0.25) is 0 Å². The molecule has 1 rings (SSSR count). The molecule has 4 nitrogen and oxygen atoms in total. The molecule has 4 heteroatoms. The molecule has 15 heavy (non-hydrogen) atoms. The van der Waals surface area contributed by atoms with Gasteiger partial charge in [0.2, 0.25) is 0 Å². The average molecular weight is 216 g/mol. The van der Waals surface area contributed by atoms with E-state index < -0.39 is 6.10 Å². The Morgan fingerprint density at radius 1 is 1.53 bits per heavy atom. The Morgan fingerprint density at radius 2 is 2.27 bits per heavy atom. The first-order chi connectivity index (χ1) is 7.11. The minimum Gasteiger partial charge on any atom is -0.394 e. The third-order valence-electron chi connectivity index (χ3n) is 3.03. The summed E-state index contributed by atoms with van der Waals surface area (Å²) in [5.74, 6) is 0.708. The molecule has 1 fully saturated rings. The molecule has 1 aliphatic rings. The van der Waals surface area contributed by atoms with E-state index in [1.807, 2.05) is 7.05 Å². The molecule has 0 saturated carbocycles. The van der Waals surface area contributed by atoms with Crippen LogP contribution in [0.3, 0.4) is 0 Å². The van der Waals surface area contributed by atoms with Gasteiger partial charge in [-0.1, -0.05) is 0 Å². The molecule has 0 aliphatic carbocycles. The second kappa shape index (κ2) is 6.43. The minimum atomic E-state index is -0.601. The van der Waals surface area contributed by atoms with Crippen molar-refractivity contribution in [3.8, 4) is 0 Å². The molecule has 2 N–H and O–H groups in total. The molecule has 0 radical (unpaired) electrons. The number of nitrogens with zero attached hydrogens (tertiary/aromatic N) is 2. The van der Waals surface area contributed by atoms with Crippen molar-refractivity contribution in [3.05, 3.63) is 0 Å². The van der Waals surface area contributed by atoms with Gasteiger partial charge in [-0.15, -0.1) is 0 Å². The summed E-state index contributed by atoms with van der Waals surface area (Å²) in [5, 5.41) is 18.1. The second-order valence-corrected chi connectivity index (χ2v) is 4.83. The Labute approximate surface area is 92.5 Å². The molecular formula is C11H24N2O2. The van der Waals surface area contributed by atoms with E-state index in [0.717, 1.165) is 13.1 Å². The molecule has 90 valence electrons. The van der Waals surface area contributed by atoms with Crippen LogP contribution in [0.15, 0.2) is 0 Å². The van der Waals surface area contributed by atoms with E-state index in [1.165, 1.54) is 19.4 Å². The molecule has 0 spiro atoms. The molecule has 1 heterocycles. The van der Waals surface area contributed by atoms with Crippen molar-refractivity contribution in [2.75, 3.05) is 46.9 Å². The molecule has 1 saturated heterocycles. The van der Waals surface area contributed by atoms with Crippen molar-refractivity contribution in [1.29, 1.82) is 0 Å². The lowest BCUT2D eigenvalue weighted by molar-refractivity contribution is 0.0576. The molecule has 0 aromatic rings. The standard InChI is InChI=1S/C11H24N2O2/c1-12-5-3-4-10(6-12)7-13(2)8-11(15)9-14/h10-11,14-15H,3-9H2,1-2H3. The summed E-state index contributed by atoms with van der Waals surface area (Å²) >= 11 is 0. The summed E-state index contributed by atoms with van der Waals surface area (Å²) < 4.78 is 0. The zero-order valence-electron chi connectivity index (χ0n) is 9.89. The summed E-state index contributed by atoms with van der Waals surface area (Å²) in [6.45, 7) is 3.80. The highest BCUT2D eigenvalue weighted by molar-refractivity contribution is 4.73. The zero-order chi connectivity index (χ0) is 11.3. The van der Waals surface area contributed by atoms with Crippen LogP contribution in [0.4, 0.5) is 0 Å². The van der Waals surface area contributed by atoms with E-state index in [2.05, 4.69) is 16.8 Å². The number of likely N-dealkylation sites (tertiary alicyclic amines) is 1. The highest BCUT2D eigenvalue weighted by atomic mass is 16.3. The smallest absolute Gasteiger partial charge is 0.0897 e. The number of aliphatic hydroxyl groups excluding tert-OH is 2. The van der Waals surface area contributed by atoms with Crippen LogP contribution in [0, 0.1) is 5.92 Å². The van der Waals surface area contributed by atoms with E-state index in [4.69, 9.17) is 5.11 Å². The van der Waals surface area contributed by atoms with Gasteiger partial charge in [0.25, 0.3) is 0 Å². The van der Waals surface area contributed by atoms with Crippen molar-refractivity contribution < 1.29 is 10.2 Å². The lowest BCUT2D eigenvalue weighted by Crippen LogP contribution is -2.40. The lowest BCUT2D eigenvalue weighted by atomic mass is 9.98. The quantitative estimate of drug-likeness (QED) is 0.657. The fraction of sp³-hybridized carbons (Fsp3) is 1.00. The largest absolute Gasteiger partial charge is 0.394 e. The van der Waals surface area contributed by atoms with Crippen molar-refractivity contribution >= 4 is 0 Å². The first-order valence-electron chi connectivity index (χ1n) is 5.78. The van der Waals surface area contributed by atoms with E-state index in [1.54, 1.807) is 0 Å². The molecule has 0 aromatic heterocycles. The monoisotopic (exact) mass is 216 g/mol. The topological polar surface area (TPSA) is 46.9 Å². The fourth-order valence-electron chi connectivity index (χ4n) is 2.36. The Balaban J connectivity index is 2.21. The SMILES string of the molecule is CN1CCCC(CN(C)CC(O)CO)C1. The summed E-state index contributed by atoms with van der Waals surface area (Å²) in [4.78, 5) is 4.48. The number of likely N-dealkylation sites (N-methyl/N-ethyl adjacent to an activating group) is 1. The zero-order valence-corrected chi connectivity index (χ0v) is 9.89. The van der Waals surface area contributed by atoms with Gasteiger partial charge in [0.15, 0.2) is 0 Å². The maximum atomic E-state index is 9.31. The molecule has 2 atom stereocenters. The Hall–Kier alpha value is -0.160. The van der Waals surface area contributed by atoms with Crippen LogP contribution in [-0.2, 0) is 0 Å². The lowest BCUT2D eigenvalue weighted by Gasteiger charge is -2.32. The molecule has 2 unspecified atom stereocenters. The maximum Gasteiger partial charge on any atom is 0.0897 e. The van der Waals surface area contributed by atoms with E-state index in [-0.39, 0.29) is 6.61 Å². The third kappa shape index (κ3) is 4.93. The van der Waals surface area contributed by atoms with Gasteiger partial charge in [-0.05, 0) is 39.4 Å². The van der Waals surface area contributed by atoms with Crippen LogP contribution in [-0.4, -0.2) is 73.0 Å². The Morgan fingerprint density at radius 3 is 2.87 bits per heavy atom. The molecule has 0 aromatic carbocycles. The van der Waals surface area contributed by atoms with Gasteiger partial charge < -0.3 is 20.0 Å². The fourth-order valence-corrected chi connectivity index (χ4v) is 2.36. The van der Waals surface area contributed by atoms with Gasteiger partial charge >= 0.3 is 0 Å². The Bertz CT molecular complexity index is 178. The normalized spacial score (nSPS) is 25.8. The van der Waals surface area contributed by atoms with E-state index >= 15 is 0 Å². The summed E-state index contributed by atoms with van der Waals surface area (Å²) in [6.07, 6.45) is 1.96. The van der Waals surface area contributed by atoms with Crippen LogP contribution in [0.1, 0.15) is 12.8 Å². The van der Waals surface area contributed by atoms with Crippen LogP contribution in [0.5, 0.6) is 0 Å². The van der Waals surface area contributed by atoms with Gasteiger partial charge in [-0.3, -0.25) is 0 Å². The number of rotatable bonds is 5. The predicted octanol–water partition coefficient (Wildman–Crippen LogP) is -0.387. The van der Waals surface area contributed by atoms with Gasteiger partial charge in [0.05, 0.1) is 12.7 Å². The summed E-state index contributed by atoms with van der Waals surface area (Å²) in [6, 6.07) is 0. The predicted molar refractivity (Wildman–Crippen MR) is 60.8 cm³/mol. The number of piperidine rings is 1. The van der Waals surface area contributed by atoms with Crippen molar-refractivity contribution in [1.82, 2.24) is 9.80 Å². The summed E-state index contributed by atoms with van der Waals surface area (Å²) in [5.41, 5.74) is 0. The van der Waals surface area contributed by atoms with E-state index in [9.17, 15) is 5.11 Å². The van der Waals surface area contributed by atoms with Crippen molar-refractivity contribution in [2.24, 2.45) is 5.92 Å². The first-order valence-corrected chi connectivity index (χ1v) is 5.78. The van der Waals surface area contributed by atoms with Gasteiger partial charge in [-0.2, -0.15) is 0 Å². The average Bonchev–Trinajstić information content (AvgIpc) is 2.17.